The van der Waals surface area contributed by atoms with E-state index in [-0.39, 0.29) is 5.91 Å². The predicted molar refractivity (Wildman–Crippen MR) is 82.3 cm³/mol. The van der Waals surface area contributed by atoms with Crippen molar-refractivity contribution >= 4 is 40.2 Å². The van der Waals surface area contributed by atoms with Crippen LogP contribution < -0.4 is 10.1 Å². The van der Waals surface area contributed by atoms with Crippen LogP contribution in [0, 0.1) is 0 Å². The zero-order valence-corrected chi connectivity index (χ0v) is 12.7. The van der Waals surface area contributed by atoms with Crippen LogP contribution in [0.2, 0.25) is 0 Å². The highest BCUT2D eigenvalue weighted by molar-refractivity contribution is 9.10. The van der Waals surface area contributed by atoms with Crippen molar-refractivity contribution < 1.29 is 9.53 Å². The maximum atomic E-state index is 12.1. The SMILES string of the molecule is COc1ccc(Br)c(NC(=O)c2ccc(S)cc2)c1. The van der Waals surface area contributed by atoms with Crippen LogP contribution in [0.1, 0.15) is 10.4 Å². The molecule has 5 heteroatoms. The lowest BCUT2D eigenvalue weighted by atomic mass is 10.2. The first kappa shape index (κ1) is 14.0. The van der Waals surface area contributed by atoms with Crippen LogP contribution in [0.5, 0.6) is 5.75 Å². The summed E-state index contributed by atoms with van der Waals surface area (Å²) in [6, 6.07) is 12.4. The lowest BCUT2D eigenvalue weighted by Gasteiger charge is -2.09. The molecule has 0 aromatic heterocycles. The molecule has 0 atom stereocenters. The Balaban J connectivity index is 2.21. The zero-order valence-electron chi connectivity index (χ0n) is 10.2. The molecule has 1 amide bonds. The highest BCUT2D eigenvalue weighted by Crippen LogP contribution is 2.27. The molecule has 3 nitrogen and oxygen atoms in total. The summed E-state index contributed by atoms with van der Waals surface area (Å²) in [4.78, 5) is 12.9. The molecule has 0 aliphatic heterocycles. The standard InChI is InChI=1S/C14H12BrNO2S/c1-18-10-4-7-12(15)13(8-10)16-14(17)9-2-5-11(19)6-3-9/h2-8,19H,1H3,(H,16,17). The Morgan fingerprint density at radius 1 is 1.21 bits per heavy atom. The molecule has 19 heavy (non-hydrogen) atoms. The van der Waals surface area contributed by atoms with Gasteiger partial charge in [0.25, 0.3) is 5.91 Å². The number of thiol groups is 1. The molecule has 2 aromatic carbocycles. The molecule has 0 aliphatic rings. The van der Waals surface area contributed by atoms with Crippen molar-refractivity contribution in [3.8, 4) is 5.75 Å². The van der Waals surface area contributed by atoms with E-state index in [1.807, 2.05) is 12.1 Å². The number of anilines is 1. The summed E-state index contributed by atoms with van der Waals surface area (Å²) < 4.78 is 5.93. The van der Waals surface area contributed by atoms with Crippen LogP contribution in [-0.4, -0.2) is 13.0 Å². The summed E-state index contributed by atoms with van der Waals surface area (Å²) >= 11 is 7.58. The third-order valence-electron chi connectivity index (χ3n) is 2.55. The number of halogens is 1. The van der Waals surface area contributed by atoms with Crippen LogP contribution in [0.15, 0.2) is 51.8 Å². The summed E-state index contributed by atoms with van der Waals surface area (Å²) in [5, 5.41) is 2.83. The van der Waals surface area contributed by atoms with Crippen molar-refractivity contribution in [1.29, 1.82) is 0 Å². The fourth-order valence-electron chi connectivity index (χ4n) is 1.53. The van der Waals surface area contributed by atoms with Crippen molar-refractivity contribution in [2.75, 3.05) is 12.4 Å². The number of rotatable bonds is 3. The van der Waals surface area contributed by atoms with E-state index in [1.54, 1.807) is 37.4 Å². The van der Waals surface area contributed by atoms with E-state index in [2.05, 4.69) is 33.9 Å². The van der Waals surface area contributed by atoms with Gasteiger partial charge in [0.05, 0.1) is 12.8 Å². The average Bonchev–Trinajstić information content (AvgIpc) is 2.42. The molecule has 2 aromatic rings. The normalized spacial score (nSPS) is 10.1. The summed E-state index contributed by atoms with van der Waals surface area (Å²) in [6.45, 7) is 0. The Morgan fingerprint density at radius 3 is 2.53 bits per heavy atom. The van der Waals surface area contributed by atoms with Gasteiger partial charge in [-0.25, -0.2) is 0 Å². The summed E-state index contributed by atoms with van der Waals surface area (Å²) in [5.41, 5.74) is 1.24. The molecule has 0 heterocycles. The number of benzene rings is 2. The molecule has 0 spiro atoms. The van der Waals surface area contributed by atoms with Gasteiger partial charge in [-0.1, -0.05) is 0 Å². The molecule has 0 unspecified atom stereocenters. The van der Waals surface area contributed by atoms with Gasteiger partial charge in [0.15, 0.2) is 0 Å². The maximum absolute atomic E-state index is 12.1. The number of carbonyl (C=O) groups excluding carboxylic acids is 1. The lowest BCUT2D eigenvalue weighted by Crippen LogP contribution is -2.12. The molecule has 0 radical (unpaired) electrons. The van der Waals surface area contributed by atoms with Crippen LogP contribution in [0.4, 0.5) is 5.69 Å². The molecule has 0 fully saturated rings. The van der Waals surface area contributed by atoms with Gasteiger partial charge < -0.3 is 10.1 Å². The molecular formula is C14H12BrNO2S. The number of nitrogens with one attached hydrogen (secondary N) is 1. The zero-order chi connectivity index (χ0) is 13.8. The fourth-order valence-corrected chi connectivity index (χ4v) is 2.03. The Morgan fingerprint density at radius 2 is 1.89 bits per heavy atom. The third kappa shape index (κ3) is 3.52. The summed E-state index contributed by atoms with van der Waals surface area (Å²) in [6.07, 6.45) is 0. The Hall–Kier alpha value is -1.46. The van der Waals surface area contributed by atoms with Crippen molar-refractivity contribution in [2.45, 2.75) is 4.90 Å². The van der Waals surface area contributed by atoms with Gasteiger partial charge in [0.1, 0.15) is 5.75 Å². The number of hydrogen-bond acceptors (Lipinski definition) is 3. The highest BCUT2D eigenvalue weighted by Gasteiger charge is 2.09. The summed E-state index contributed by atoms with van der Waals surface area (Å²) in [5.74, 6) is 0.506. The number of methoxy groups -OCH3 is 1. The van der Waals surface area contributed by atoms with E-state index in [1.165, 1.54) is 0 Å². The number of carbonyl (C=O) groups is 1. The van der Waals surface area contributed by atoms with E-state index < -0.39 is 0 Å². The van der Waals surface area contributed by atoms with Crippen molar-refractivity contribution in [3.05, 3.63) is 52.5 Å². The van der Waals surface area contributed by atoms with E-state index in [4.69, 9.17) is 4.74 Å². The fraction of sp³-hybridized carbons (Fsp3) is 0.0714. The lowest BCUT2D eigenvalue weighted by molar-refractivity contribution is 0.102. The molecule has 2 rings (SSSR count). The molecule has 1 N–H and O–H groups in total. The average molecular weight is 338 g/mol. The van der Waals surface area contributed by atoms with Gasteiger partial charge in [-0.05, 0) is 52.3 Å². The Bertz CT molecular complexity index is 599. The topological polar surface area (TPSA) is 38.3 Å². The van der Waals surface area contributed by atoms with Gasteiger partial charge in [0.2, 0.25) is 0 Å². The van der Waals surface area contributed by atoms with Crippen molar-refractivity contribution in [1.82, 2.24) is 0 Å². The summed E-state index contributed by atoms with van der Waals surface area (Å²) in [7, 11) is 1.58. The molecule has 98 valence electrons. The van der Waals surface area contributed by atoms with Crippen LogP contribution >= 0.6 is 28.6 Å². The minimum absolute atomic E-state index is 0.178. The predicted octanol–water partition coefficient (Wildman–Crippen LogP) is 4.00. The van der Waals surface area contributed by atoms with Gasteiger partial charge in [-0.3, -0.25) is 4.79 Å². The second-order valence-electron chi connectivity index (χ2n) is 3.85. The van der Waals surface area contributed by atoms with Crippen LogP contribution in [0.3, 0.4) is 0 Å². The van der Waals surface area contributed by atoms with Gasteiger partial charge in [0, 0.05) is 21.0 Å². The second kappa shape index (κ2) is 6.12. The highest BCUT2D eigenvalue weighted by atomic mass is 79.9. The van der Waals surface area contributed by atoms with Gasteiger partial charge in [-0.15, -0.1) is 12.6 Å². The minimum atomic E-state index is -0.178. The van der Waals surface area contributed by atoms with E-state index in [0.717, 1.165) is 9.37 Å². The first-order chi connectivity index (χ1) is 9.10. The number of ether oxygens (including phenoxy) is 1. The maximum Gasteiger partial charge on any atom is 0.255 e. The quantitative estimate of drug-likeness (QED) is 0.831. The Kier molecular flexibility index (Phi) is 4.50. The Labute approximate surface area is 125 Å². The van der Waals surface area contributed by atoms with Gasteiger partial charge >= 0.3 is 0 Å². The third-order valence-corrected chi connectivity index (χ3v) is 3.54. The monoisotopic (exact) mass is 337 g/mol. The second-order valence-corrected chi connectivity index (χ2v) is 5.22. The van der Waals surface area contributed by atoms with Crippen LogP contribution in [-0.2, 0) is 0 Å². The number of hydrogen-bond donors (Lipinski definition) is 2. The number of amides is 1. The molecule has 0 aliphatic carbocycles. The molecule has 0 saturated heterocycles. The van der Waals surface area contributed by atoms with Gasteiger partial charge in [-0.2, -0.15) is 0 Å². The molecular weight excluding hydrogens is 326 g/mol. The first-order valence-corrected chi connectivity index (χ1v) is 6.78. The van der Waals surface area contributed by atoms with Crippen molar-refractivity contribution in [2.24, 2.45) is 0 Å². The minimum Gasteiger partial charge on any atom is -0.497 e. The van der Waals surface area contributed by atoms with E-state index in [9.17, 15) is 4.79 Å². The molecule has 0 saturated carbocycles. The van der Waals surface area contributed by atoms with E-state index in [0.29, 0.717) is 17.0 Å². The first-order valence-electron chi connectivity index (χ1n) is 5.54. The molecule has 0 bridgehead atoms. The smallest absolute Gasteiger partial charge is 0.255 e. The van der Waals surface area contributed by atoms with Crippen LogP contribution in [0.25, 0.3) is 0 Å². The van der Waals surface area contributed by atoms with Crippen molar-refractivity contribution in [3.63, 3.8) is 0 Å². The van der Waals surface area contributed by atoms with E-state index >= 15 is 0 Å². The largest absolute Gasteiger partial charge is 0.497 e.